The average Bonchev–Trinajstić information content (AvgIpc) is 2.81. The molecule has 0 unspecified atom stereocenters. The second-order valence-electron chi connectivity index (χ2n) is 3.91. The van der Waals surface area contributed by atoms with Crippen molar-refractivity contribution in [2.75, 3.05) is 5.32 Å². The third-order valence-corrected chi connectivity index (χ3v) is 2.62. The largest absolute Gasteiger partial charge is 0.359 e. The van der Waals surface area contributed by atoms with Gasteiger partial charge in [0.1, 0.15) is 11.3 Å². The van der Waals surface area contributed by atoms with Crippen LogP contribution in [0.5, 0.6) is 0 Å². The molecule has 7 heteroatoms. The van der Waals surface area contributed by atoms with Crippen LogP contribution in [0.2, 0.25) is 0 Å². The minimum absolute atomic E-state index is 0.264. The second kappa shape index (κ2) is 4.34. The van der Waals surface area contributed by atoms with Crippen LogP contribution in [0.25, 0.3) is 15.9 Å². The van der Waals surface area contributed by atoms with Gasteiger partial charge in [0, 0.05) is 13.1 Å². The topological polar surface area (TPSA) is 72.9 Å². The van der Waals surface area contributed by atoms with Gasteiger partial charge in [0.05, 0.1) is 24.2 Å². The molecule has 0 aliphatic rings. The first-order valence-electron chi connectivity index (χ1n) is 5.50. The van der Waals surface area contributed by atoms with E-state index in [1.807, 2.05) is 17.7 Å². The monoisotopic (exact) mass is 251 g/mol. The molecule has 7 nitrogen and oxygen atoms in total. The molecule has 0 amide bonds. The van der Waals surface area contributed by atoms with Gasteiger partial charge >= 0.3 is 0 Å². The lowest BCUT2D eigenvalue weighted by Crippen LogP contribution is -1.96. The van der Waals surface area contributed by atoms with Crippen LogP contribution >= 0.6 is 0 Å². The molecular weight excluding hydrogens is 242 g/mol. The van der Waals surface area contributed by atoms with Crippen molar-refractivity contribution < 1.29 is 0 Å². The number of aryl methyl sites for hydroxylation is 1. The van der Waals surface area contributed by atoms with Crippen molar-refractivity contribution >= 4 is 28.5 Å². The Morgan fingerprint density at radius 1 is 1.11 bits per heavy atom. The maximum Gasteiger partial charge on any atom is 0.288 e. The van der Waals surface area contributed by atoms with Gasteiger partial charge in [-0.15, -0.1) is 4.98 Å². The van der Waals surface area contributed by atoms with Crippen molar-refractivity contribution in [2.45, 2.75) is 0 Å². The molecule has 3 heterocycles. The summed E-state index contributed by atoms with van der Waals surface area (Å²) in [6, 6.07) is 1.88. The molecule has 92 valence electrons. The van der Waals surface area contributed by atoms with Crippen molar-refractivity contribution in [3.63, 3.8) is 0 Å². The predicted molar refractivity (Wildman–Crippen MR) is 70.1 cm³/mol. The summed E-state index contributed by atoms with van der Waals surface area (Å²) in [5.41, 5.74) is 1.81. The number of fused-ring (bicyclic) bond motifs is 1. The molecule has 0 bridgehead atoms. The summed E-state index contributed by atoms with van der Waals surface area (Å²) in [5, 5.41) is 3.04. The summed E-state index contributed by atoms with van der Waals surface area (Å²) in [6.07, 6.45) is 6.35. The number of anilines is 2. The Morgan fingerprint density at radius 2 is 1.95 bits per heavy atom. The lowest BCUT2D eigenvalue weighted by atomic mass is 10.4. The highest BCUT2D eigenvalue weighted by atomic mass is 15.1. The first-order chi connectivity index (χ1) is 9.26. The van der Waals surface area contributed by atoms with E-state index in [1.54, 1.807) is 12.5 Å². The van der Waals surface area contributed by atoms with E-state index in [0.717, 1.165) is 11.0 Å². The zero-order valence-electron chi connectivity index (χ0n) is 10.1. The normalized spacial score (nSPS) is 10.3. The van der Waals surface area contributed by atoms with Crippen LogP contribution in [0.3, 0.4) is 0 Å². The second-order valence-corrected chi connectivity index (χ2v) is 3.91. The van der Waals surface area contributed by atoms with Gasteiger partial charge in [-0.2, -0.15) is 0 Å². The van der Waals surface area contributed by atoms with Crippen LogP contribution in [0.4, 0.5) is 17.5 Å². The van der Waals surface area contributed by atoms with Gasteiger partial charge in [-0.1, -0.05) is 6.57 Å². The lowest BCUT2D eigenvalue weighted by molar-refractivity contribution is 0.947. The summed E-state index contributed by atoms with van der Waals surface area (Å²) in [7, 11) is 1.92. The Kier molecular flexibility index (Phi) is 2.54. The summed E-state index contributed by atoms with van der Waals surface area (Å²) in [4.78, 5) is 19.7. The van der Waals surface area contributed by atoms with Gasteiger partial charge in [0.2, 0.25) is 0 Å². The van der Waals surface area contributed by atoms with Crippen LogP contribution in [0, 0.1) is 6.57 Å². The molecule has 3 rings (SSSR count). The molecule has 0 radical (unpaired) electrons. The number of pyridine rings is 1. The molecule has 3 aromatic rings. The van der Waals surface area contributed by atoms with E-state index < -0.39 is 0 Å². The lowest BCUT2D eigenvalue weighted by Gasteiger charge is -2.03. The van der Waals surface area contributed by atoms with Crippen molar-refractivity contribution in [3.05, 3.63) is 42.4 Å². The van der Waals surface area contributed by atoms with Gasteiger partial charge in [0.15, 0.2) is 12.0 Å². The molecule has 0 saturated carbocycles. The molecule has 0 aliphatic heterocycles. The molecule has 0 saturated heterocycles. The predicted octanol–water partition coefficient (Wildman–Crippen LogP) is 2.05. The Bertz CT molecular complexity index is 767. The quantitative estimate of drug-likeness (QED) is 0.706. The van der Waals surface area contributed by atoms with Crippen LogP contribution < -0.4 is 5.32 Å². The summed E-state index contributed by atoms with van der Waals surface area (Å²) < 4.78 is 1.91. The fourth-order valence-electron chi connectivity index (χ4n) is 1.67. The number of nitrogens with one attached hydrogen (secondary N) is 1. The van der Waals surface area contributed by atoms with E-state index in [9.17, 15) is 0 Å². The van der Waals surface area contributed by atoms with Gasteiger partial charge in [-0.3, -0.25) is 0 Å². The summed E-state index contributed by atoms with van der Waals surface area (Å²) in [6.45, 7) is 6.81. The first-order valence-corrected chi connectivity index (χ1v) is 5.50. The standard InChI is InChI=1S/C12H9N7/c1-13-11-5-16-12(6-15-11)18-10-3-9-8(4-14-10)17-7-19(9)2/h3-7H,2H3,(H,14,16,18). The fourth-order valence-corrected chi connectivity index (χ4v) is 1.67. The minimum atomic E-state index is 0.264. The molecule has 0 spiro atoms. The van der Waals surface area contributed by atoms with Gasteiger partial charge in [-0.05, 0) is 0 Å². The molecular formula is C12H9N7. The molecule has 0 fully saturated rings. The molecule has 3 aromatic heterocycles. The zero-order chi connectivity index (χ0) is 13.2. The Morgan fingerprint density at radius 3 is 2.68 bits per heavy atom. The number of imidazole rings is 1. The fraction of sp³-hybridized carbons (Fsp3) is 0.0833. The smallest absolute Gasteiger partial charge is 0.288 e. The Balaban J connectivity index is 1.91. The number of nitrogens with zero attached hydrogens (tertiary/aromatic N) is 6. The Hall–Kier alpha value is -3.01. The van der Waals surface area contributed by atoms with Crippen LogP contribution in [-0.2, 0) is 7.05 Å². The Labute approximate surface area is 108 Å². The zero-order valence-corrected chi connectivity index (χ0v) is 10.1. The average molecular weight is 251 g/mol. The van der Waals surface area contributed by atoms with Crippen molar-refractivity contribution in [1.82, 2.24) is 24.5 Å². The summed E-state index contributed by atoms with van der Waals surface area (Å²) >= 11 is 0. The number of rotatable bonds is 2. The van der Waals surface area contributed by atoms with Crippen molar-refractivity contribution in [2.24, 2.45) is 7.05 Å². The number of hydrogen-bond acceptors (Lipinski definition) is 5. The van der Waals surface area contributed by atoms with E-state index in [4.69, 9.17) is 6.57 Å². The van der Waals surface area contributed by atoms with Crippen molar-refractivity contribution in [3.8, 4) is 0 Å². The highest BCUT2D eigenvalue weighted by Gasteiger charge is 2.04. The molecule has 0 aromatic carbocycles. The SMILES string of the molecule is [C-]#[N+]c1cnc(Nc2cc3c(cn2)ncn3C)cn1. The molecule has 1 N–H and O–H groups in total. The minimum Gasteiger partial charge on any atom is -0.359 e. The highest BCUT2D eigenvalue weighted by Crippen LogP contribution is 2.18. The number of hydrogen-bond donors (Lipinski definition) is 1. The van der Waals surface area contributed by atoms with Crippen LogP contribution in [-0.4, -0.2) is 24.5 Å². The van der Waals surface area contributed by atoms with E-state index in [1.165, 1.54) is 12.4 Å². The molecule has 0 aliphatic carbocycles. The number of aromatic nitrogens is 5. The highest BCUT2D eigenvalue weighted by molar-refractivity contribution is 5.77. The van der Waals surface area contributed by atoms with E-state index in [-0.39, 0.29) is 5.82 Å². The van der Waals surface area contributed by atoms with E-state index in [0.29, 0.717) is 11.6 Å². The maximum atomic E-state index is 6.81. The summed E-state index contributed by atoms with van der Waals surface area (Å²) in [5.74, 6) is 1.46. The maximum absolute atomic E-state index is 6.81. The molecule has 19 heavy (non-hydrogen) atoms. The van der Waals surface area contributed by atoms with E-state index in [2.05, 4.69) is 30.1 Å². The van der Waals surface area contributed by atoms with Gasteiger partial charge in [0.25, 0.3) is 5.82 Å². The van der Waals surface area contributed by atoms with E-state index >= 15 is 0 Å². The third kappa shape index (κ3) is 2.07. The van der Waals surface area contributed by atoms with Crippen molar-refractivity contribution in [1.29, 1.82) is 0 Å². The van der Waals surface area contributed by atoms with Crippen LogP contribution in [0.1, 0.15) is 0 Å². The van der Waals surface area contributed by atoms with Gasteiger partial charge in [-0.25, -0.2) is 15.0 Å². The molecule has 0 atom stereocenters. The van der Waals surface area contributed by atoms with Crippen LogP contribution in [0.15, 0.2) is 31.0 Å². The van der Waals surface area contributed by atoms with Gasteiger partial charge < -0.3 is 14.7 Å². The first kappa shape index (κ1) is 11.1. The third-order valence-electron chi connectivity index (χ3n) is 2.62.